The first-order valence-electron chi connectivity index (χ1n) is 5.12. The van der Waals surface area contributed by atoms with Gasteiger partial charge in [0.05, 0.1) is 12.5 Å². The van der Waals surface area contributed by atoms with Crippen molar-refractivity contribution in [1.82, 2.24) is 0 Å². The van der Waals surface area contributed by atoms with E-state index in [0.717, 1.165) is 16.2 Å². The summed E-state index contributed by atoms with van der Waals surface area (Å²) in [6, 6.07) is 10.5. The molecule has 0 radical (unpaired) electrons. The molecule has 1 atom stereocenters. The molecule has 0 saturated carbocycles. The highest BCUT2D eigenvalue weighted by Crippen LogP contribution is 2.25. The molecule has 0 bridgehead atoms. The third-order valence-electron chi connectivity index (χ3n) is 2.57. The molecule has 2 aromatic rings. The molecule has 1 heterocycles. The Labute approximate surface area is 112 Å². The summed E-state index contributed by atoms with van der Waals surface area (Å²) in [5.41, 5.74) is 2.58. The van der Waals surface area contributed by atoms with Gasteiger partial charge in [-0.15, -0.1) is 0 Å². The van der Waals surface area contributed by atoms with Gasteiger partial charge >= 0.3 is 0 Å². The highest BCUT2D eigenvalue weighted by Gasteiger charge is 2.11. The van der Waals surface area contributed by atoms with Crippen LogP contribution in [0.25, 0.3) is 0 Å². The first kappa shape index (κ1) is 11.9. The van der Waals surface area contributed by atoms with E-state index in [0.29, 0.717) is 5.92 Å². The third kappa shape index (κ3) is 2.98. The van der Waals surface area contributed by atoms with Crippen LogP contribution in [0.1, 0.15) is 17.0 Å². The second kappa shape index (κ2) is 5.69. The molecule has 0 aliphatic rings. The normalized spacial score (nSPS) is 12.6. The summed E-state index contributed by atoms with van der Waals surface area (Å²) in [5, 5.41) is 0.953. The lowest BCUT2D eigenvalue weighted by Crippen LogP contribution is -2.03. The summed E-state index contributed by atoms with van der Waals surface area (Å²) in [7, 11) is 0. The molecule has 84 valence electrons. The fourth-order valence-corrected chi connectivity index (χ4v) is 2.74. The molecule has 0 aliphatic carbocycles. The van der Waals surface area contributed by atoms with Gasteiger partial charge in [-0.3, -0.25) is 0 Å². The smallest absolute Gasteiger partial charge is 0.0934 e. The van der Waals surface area contributed by atoms with Crippen molar-refractivity contribution in [3.8, 4) is 0 Å². The minimum absolute atomic E-state index is 0.482. The van der Waals surface area contributed by atoms with Crippen LogP contribution in [-0.2, 0) is 6.42 Å². The topological polar surface area (TPSA) is 13.1 Å². The maximum absolute atomic E-state index is 5.09. The van der Waals surface area contributed by atoms with E-state index in [1.807, 2.05) is 18.4 Å². The van der Waals surface area contributed by atoms with E-state index in [9.17, 15) is 0 Å². The van der Waals surface area contributed by atoms with Crippen LogP contribution < -0.4 is 0 Å². The maximum Gasteiger partial charge on any atom is 0.0934 e. The van der Waals surface area contributed by atoms with Gasteiger partial charge in [0.2, 0.25) is 0 Å². The van der Waals surface area contributed by atoms with Crippen molar-refractivity contribution < 1.29 is 4.42 Å². The Morgan fingerprint density at radius 1 is 1.25 bits per heavy atom. The predicted molar refractivity (Wildman–Crippen MR) is 73.1 cm³/mol. The molecule has 0 N–H and O–H groups in total. The van der Waals surface area contributed by atoms with Gasteiger partial charge in [-0.1, -0.05) is 44.0 Å². The van der Waals surface area contributed by atoms with Crippen LogP contribution in [0.3, 0.4) is 0 Å². The standard InChI is InChI=1S/C13H12Br2O/c14-8-12(6-10-4-5-16-9-10)11-2-1-3-13(15)7-11/h1-5,7,9,12H,6,8H2. The first-order valence-corrected chi connectivity index (χ1v) is 7.03. The predicted octanol–water partition coefficient (Wildman–Crippen LogP) is 4.76. The highest BCUT2D eigenvalue weighted by molar-refractivity contribution is 9.10. The van der Waals surface area contributed by atoms with Gasteiger partial charge in [-0.05, 0) is 41.7 Å². The molecular weight excluding hydrogens is 332 g/mol. The van der Waals surface area contributed by atoms with Gasteiger partial charge in [0, 0.05) is 9.80 Å². The van der Waals surface area contributed by atoms with E-state index in [4.69, 9.17) is 4.42 Å². The molecular formula is C13H12Br2O. The summed E-state index contributed by atoms with van der Waals surface area (Å²) in [6.45, 7) is 0. The Hall–Kier alpha value is -0.540. The molecule has 3 heteroatoms. The van der Waals surface area contributed by atoms with Crippen LogP contribution >= 0.6 is 31.9 Å². The van der Waals surface area contributed by atoms with E-state index < -0.39 is 0 Å². The molecule has 0 saturated heterocycles. The van der Waals surface area contributed by atoms with E-state index >= 15 is 0 Å². The molecule has 1 unspecified atom stereocenters. The molecule has 0 aliphatic heterocycles. The van der Waals surface area contributed by atoms with Crippen LogP contribution in [0.2, 0.25) is 0 Å². The lowest BCUT2D eigenvalue weighted by molar-refractivity contribution is 0.562. The Balaban J connectivity index is 2.16. The minimum Gasteiger partial charge on any atom is -0.472 e. The first-order chi connectivity index (χ1) is 7.79. The Kier molecular flexibility index (Phi) is 4.24. The molecule has 16 heavy (non-hydrogen) atoms. The summed E-state index contributed by atoms with van der Waals surface area (Å²) in [5.74, 6) is 0.482. The van der Waals surface area contributed by atoms with E-state index in [2.05, 4.69) is 50.1 Å². The van der Waals surface area contributed by atoms with Crippen LogP contribution in [0.15, 0.2) is 51.7 Å². The van der Waals surface area contributed by atoms with Crippen molar-refractivity contribution in [3.63, 3.8) is 0 Å². The van der Waals surface area contributed by atoms with Crippen LogP contribution in [0, 0.1) is 0 Å². The second-order valence-corrected chi connectivity index (χ2v) is 5.31. The largest absolute Gasteiger partial charge is 0.472 e. The molecule has 0 spiro atoms. The number of halogens is 2. The number of furan rings is 1. The van der Waals surface area contributed by atoms with Crippen LogP contribution in [-0.4, -0.2) is 5.33 Å². The van der Waals surface area contributed by atoms with Gasteiger partial charge in [0.1, 0.15) is 0 Å². The SMILES string of the molecule is BrCC(Cc1ccoc1)c1cccc(Br)c1. The fourth-order valence-electron chi connectivity index (χ4n) is 1.72. The minimum atomic E-state index is 0.482. The number of hydrogen-bond donors (Lipinski definition) is 0. The maximum atomic E-state index is 5.09. The molecule has 1 nitrogen and oxygen atoms in total. The average Bonchev–Trinajstić information content (AvgIpc) is 2.78. The number of rotatable bonds is 4. The number of alkyl halides is 1. The van der Waals surface area contributed by atoms with Crippen molar-refractivity contribution in [1.29, 1.82) is 0 Å². The molecule has 0 fully saturated rings. The van der Waals surface area contributed by atoms with Gasteiger partial charge in [0.15, 0.2) is 0 Å². The monoisotopic (exact) mass is 342 g/mol. The summed E-state index contributed by atoms with van der Waals surface area (Å²) < 4.78 is 6.22. The lowest BCUT2D eigenvalue weighted by atomic mass is 9.95. The number of hydrogen-bond acceptors (Lipinski definition) is 1. The summed E-state index contributed by atoms with van der Waals surface area (Å²) in [4.78, 5) is 0. The van der Waals surface area contributed by atoms with Gasteiger partial charge < -0.3 is 4.42 Å². The van der Waals surface area contributed by atoms with Crippen LogP contribution in [0.5, 0.6) is 0 Å². The summed E-state index contributed by atoms with van der Waals surface area (Å²) in [6.07, 6.45) is 4.54. The lowest BCUT2D eigenvalue weighted by Gasteiger charge is -2.13. The third-order valence-corrected chi connectivity index (χ3v) is 3.84. The zero-order chi connectivity index (χ0) is 11.4. The molecule has 0 amide bonds. The fraction of sp³-hybridized carbons (Fsp3) is 0.231. The molecule has 1 aromatic carbocycles. The van der Waals surface area contributed by atoms with Crippen molar-refractivity contribution in [2.45, 2.75) is 12.3 Å². The highest BCUT2D eigenvalue weighted by atomic mass is 79.9. The van der Waals surface area contributed by atoms with Crippen molar-refractivity contribution in [2.75, 3.05) is 5.33 Å². The Bertz CT molecular complexity index is 437. The van der Waals surface area contributed by atoms with Gasteiger partial charge in [-0.2, -0.15) is 0 Å². The quantitative estimate of drug-likeness (QED) is 0.729. The van der Waals surface area contributed by atoms with E-state index in [1.165, 1.54) is 11.1 Å². The van der Waals surface area contributed by atoms with Gasteiger partial charge in [-0.25, -0.2) is 0 Å². The Morgan fingerprint density at radius 3 is 2.75 bits per heavy atom. The zero-order valence-electron chi connectivity index (χ0n) is 8.70. The second-order valence-electron chi connectivity index (χ2n) is 3.74. The molecule has 1 aromatic heterocycles. The van der Waals surface area contributed by atoms with Crippen molar-refractivity contribution in [2.24, 2.45) is 0 Å². The van der Waals surface area contributed by atoms with Crippen molar-refractivity contribution in [3.05, 3.63) is 58.5 Å². The molecule has 2 rings (SSSR count). The van der Waals surface area contributed by atoms with E-state index in [-0.39, 0.29) is 0 Å². The van der Waals surface area contributed by atoms with Gasteiger partial charge in [0.25, 0.3) is 0 Å². The van der Waals surface area contributed by atoms with E-state index in [1.54, 1.807) is 6.26 Å². The van der Waals surface area contributed by atoms with Crippen LogP contribution in [0.4, 0.5) is 0 Å². The average molecular weight is 344 g/mol. The Morgan fingerprint density at radius 2 is 2.12 bits per heavy atom. The number of benzene rings is 1. The van der Waals surface area contributed by atoms with Crippen molar-refractivity contribution >= 4 is 31.9 Å². The zero-order valence-corrected chi connectivity index (χ0v) is 11.9. The summed E-state index contributed by atoms with van der Waals surface area (Å²) >= 11 is 7.08.